The van der Waals surface area contributed by atoms with E-state index >= 15 is 0 Å². The summed E-state index contributed by atoms with van der Waals surface area (Å²) in [5.41, 5.74) is 1.02. The molecule has 0 aromatic heterocycles. The number of halogens is 1. The Bertz CT molecular complexity index is 1050. The van der Waals surface area contributed by atoms with E-state index in [4.69, 9.17) is 4.74 Å². The van der Waals surface area contributed by atoms with Crippen LogP contribution in [-0.4, -0.2) is 53.6 Å². The number of nitrogens with zero attached hydrogens (tertiary/aromatic N) is 2. The van der Waals surface area contributed by atoms with E-state index in [-0.39, 0.29) is 46.0 Å². The normalized spacial score (nSPS) is 29.4. The Morgan fingerprint density at radius 2 is 1.65 bits per heavy atom. The zero-order valence-corrected chi connectivity index (χ0v) is 25.5. The smallest absolute Gasteiger partial charge is 0.410 e. The van der Waals surface area contributed by atoms with Crippen molar-refractivity contribution in [3.8, 4) is 0 Å². The van der Waals surface area contributed by atoms with Crippen LogP contribution in [0.4, 0.5) is 9.18 Å². The van der Waals surface area contributed by atoms with Crippen molar-refractivity contribution in [1.82, 2.24) is 9.80 Å². The van der Waals surface area contributed by atoms with Gasteiger partial charge >= 0.3 is 6.09 Å². The lowest BCUT2D eigenvalue weighted by atomic mass is 9.62. The molecule has 3 atom stereocenters. The van der Waals surface area contributed by atoms with E-state index in [1.165, 1.54) is 32.1 Å². The lowest BCUT2D eigenvalue weighted by Gasteiger charge is -2.51. The summed E-state index contributed by atoms with van der Waals surface area (Å²) in [6.45, 7) is 13.8. The number of carbonyl (C=O) groups is 2. The Morgan fingerprint density at radius 1 is 1.00 bits per heavy atom. The first-order chi connectivity index (χ1) is 18.9. The van der Waals surface area contributed by atoms with Crippen LogP contribution in [0.25, 0.3) is 0 Å². The molecule has 1 aromatic rings. The average molecular weight is 555 g/mol. The molecule has 6 heteroatoms. The van der Waals surface area contributed by atoms with Crippen LogP contribution in [0, 0.1) is 34.4 Å². The van der Waals surface area contributed by atoms with Gasteiger partial charge < -0.3 is 9.64 Å². The number of ether oxygens (including phenoxy) is 1. The van der Waals surface area contributed by atoms with Crippen molar-refractivity contribution in [3.05, 3.63) is 35.6 Å². The van der Waals surface area contributed by atoms with Gasteiger partial charge in [-0.2, -0.15) is 0 Å². The number of likely N-dealkylation sites (tertiary alicyclic amines) is 1. The van der Waals surface area contributed by atoms with Gasteiger partial charge in [-0.05, 0) is 105 Å². The van der Waals surface area contributed by atoms with Gasteiger partial charge in [-0.25, -0.2) is 9.18 Å². The van der Waals surface area contributed by atoms with Gasteiger partial charge in [0.1, 0.15) is 12.4 Å². The molecule has 0 radical (unpaired) electrons. The molecule has 2 aliphatic heterocycles. The summed E-state index contributed by atoms with van der Waals surface area (Å²) in [5, 5.41) is 0. The number of rotatable bonds is 5. The Hall–Kier alpha value is -2.11. The highest BCUT2D eigenvalue weighted by Gasteiger charge is 2.50. The first kappa shape index (κ1) is 29.4. The number of piperidine rings is 1. The summed E-state index contributed by atoms with van der Waals surface area (Å²) in [5.74, 6) is 1.25. The maximum Gasteiger partial charge on any atom is 0.410 e. The van der Waals surface area contributed by atoms with Crippen LogP contribution in [0.2, 0.25) is 0 Å². The van der Waals surface area contributed by atoms with E-state index in [0.717, 1.165) is 57.3 Å². The number of amides is 2. The second-order valence-electron chi connectivity index (χ2n) is 15.1. The minimum atomic E-state index is -0.292. The highest BCUT2D eigenvalue weighted by molar-refractivity contribution is 5.80. The summed E-state index contributed by atoms with van der Waals surface area (Å²) >= 11 is 0. The van der Waals surface area contributed by atoms with E-state index in [1.54, 1.807) is 12.1 Å². The molecule has 2 saturated carbocycles. The Morgan fingerprint density at radius 3 is 2.23 bits per heavy atom. The molecule has 2 saturated heterocycles. The minimum Gasteiger partial charge on any atom is -0.447 e. The highest BCUT2D eigenvalue weighted by atomic mass is 19.1. The third kappa shape index (κ3) is 5.92. The molecular formula is C34H51FN2O3. The Balaban J connectivity index is 1.34. The van der Waals surface area contributed by atoms with Gasteiger partial charge in [-0.15, -0.1) is 0 Å². The van der Waals surface area contributed by atoms with Crippen LogP contribution in [-0.2, 0) is 9.53 Å². The lowest BCUT2D eigenvalue weighted by molar-refractivity contribution is -0.141. The number of benzene rings is 1. The number of hydrogen-bond acceptors (Lipinski definition) is 3. The van der Waals surface area contributed by atoms with Crippen LogP contribution in [0.15, 0.2) is 24.3 Å². The fourth-order valence-corrected chi connectivity index (χ4v) is 8.38. The average Bonchev–Trinajstić information content (AvgIpc) is 3.20. The molecule has 2 aliphatic carbocycles. The quantitative estimate of drug-likeness (QED) is 0.373. The van der Waals surface area contributed by atoms with E-state index in [1.807, 2.05) is 17.0 Å². The maximum atomic E-state index is 14.2. The predicted octanol–water partition coefficient (Wildman–Crippen LogP) is 7.79. The Labute approximate surface area is 241 Å². The van der Waals surface area contributed by atoms with Gasteiger partial charge in [0.05, 0.1) is 5.54 Å². The van der Waals surface area contributed by atoms with Gasteiger partial charge in [0, 0.05) is 25.6 Å². The van der Waals surface area contributed by atoms with Crippen molar-refractivity contribution in [2.75, 3.05) is 26.2 Å². The molecule has 4 fully saturated rings. The topological polar surface area (TPSA) is 49.9 Å². The minimum absolute atomic E-state index is 0.0398. The summed E-state index contributed by atoms with van der Waals surface area (Å²) in [6.07, 6.45) is 10.9. The zero-order chi connectivity index (χ0) is 28.7. The van der Waals surface area contributed by atoms with E-state index in [0.29, 0.717) is 18.4 Å². The summed E-state index contributed by atoms with van der Waals surface area (Å²) in [4.78, 5) is 31.1. The second-order valence-corrected chi connectivity index (χ2v) is 15.1. The van der Waals surface area contributed by atoms with Crippen molar-refractivity contribution in [2.24, 2.45) is 28.6 Å². The standard InChI is InChI=1S/C34H51FN2O3/c1-32(2,3)26-13-16-28(29(21-26)24-11-14-27(35)15-12-24)30(38)36-19-17-34(18-20-36,25-9-7-6-8-10-25)22-37-31(39)40-23-33(37,4)5/h11-12,14-15,25-26,28-29H,6-10,13,16-23H2,1-5H3. The van der Waals surface area contributed by atoms with Crippen LogP contribution in [0.5, 0.6) is 0 Å². The molecule has 0 bridgehead atoms. The SMILES string of the molecule is CC(C)(C)C1CCC(C(=O)N2CCC(CN3C(=O)OCC3(C)C)(C3CCCCC3)CC2)C(c2ccc(F)cc2)C1. The summed E-state index contributed by atoms with van der Waals surface area (Å²) < 4.78 is 19.3. The summed E-state index contributed by atoms with van der Waals surface area (Å²) in [6, 6.07) is 6.88. The van der Waals surface area contributed by atoms with Crippen molar-refractivity contribution in [1.29, 1.82) is 0 Å². The fraction of sp³-hybridized carbons (Fsp3) is 0.765. The Kier molecular flexibility index (Phi) is 8.29. The number of carbonyl (C=O) groups excluding carboxylic acids is 2. The molecule has 40 heavy (non-hydrogen) atoms. The van der Waals surface area contributed by atoms with E-state index < -0.39 is 0 Å². The third-order valence-corrected chi connectivity index (χ3v) is 11.2. The molecule has 3 unspecified atom stereocenters. The molecule has 0 N–H and O–H groups in total. The van der Waals surface area contributed by atoms with Crippen molar-refractivity contribution < 1.29 is 18.7 Å². The van der Waals surface area contributed by atoms with Crippen molar-refractivity contribution >= 4 is 12.0 Å². The van der Waals surface area contributed by atoms with Crippen LogP contribution < -0.4 is 0 Å². The second kappa shape index (κ2) is 11.3. The van der Waals surface area contributed by atoms with Crippen molar-refractivity contribution in [3.63, 3.8) is 0 Å². The van der Waals surface area contributed by atoms with E-state index in [2.05, 4.69) is 39.5 Å². The van der Waals surface area contributed by atoms with Crippen LogP contribution in [0.1, 0.15) is 110 Å². The third-order valence-electron chi connectivity index (χ3n) is 11.2. The molecule has 5 nitrogen and oxygen atoms in total. The number of cyclic esters (lactones) is 1. The lowest BCUT2D eigenvalue weighted by Crippen LogP contribution is -2.56. The largest absolute Gasteiger partial charge is 0.447 e. The van der Waals surface area contributed by atoms with Crippen LogP contribution in [0.3, 0.4) is 0 Å². The number of hydrogen-bond donors (Lipinski definition) is 0. The molecule has 5 rings (SSSR count). The predicted molar refractivity (Wildman–Crippen MR) is 156 cm³/mol. The molecule has 4 aliphatic rings. The zero-order valence-electron chi connectivity index (χ0n) is 25.5. The monoisotopic (exact) mass is 554 g/mol. The van der Waals surface area contributed by atoms with E-state index in [9.17, 15) is 14.0 Å². The molecule has 2 amide bonds. The van der Waals surface area contributed by atoms with Gasteiger partial charge in [0.25, 0.3) is 0 Å². The van der Waals surface area contributed by atoms with Crippen LogP contribution >= 0.6 is 0 Å². The van der Waals surface area contributed by atoms with Gasteiger partial charge in [0.15, 0.2) is 0 Å². The van der Waals surface area contributed by atoms with Gasteiger partial charge in [0.2, 0.25) is 5.91 Å². The first-order valence-electron chi connectivity index (χ1n) is 15.9. The molecule has 2 heterocycles. The van der Waals surface area contributed by atoms with Gasteiger partial charge in [-0.1, -0.05) is 52.2 Å². The first-order valence-corrected chi connectivity index (χ1v) is 15.9. The molecular weight excluding hydrogens is 503 g/mol. The molecule has 222 valence electrons. The highest BCUT2D eigenvalue weighted by Crippen LogP contribution is 2.50. The van der Waals surface area contributed by atoms with Gasteiger partial charge in [-0.3, -0.25) is 9.69 Å². The molecule has 0 spiro atoms. The fourth-order valence-electron chi connectivity index (χ4n) is 8.38. The maximum absolute atomic E-state index is 14.2. The van der Waals surface area contributed by atoms with Crippen molar-refractivity contribution in [2.45, 2.75) is 110 Å². The molecule has 1 aromatic carbocycles. The summed E-state index contributed by atoms with van der Waals surface area (Å²) in [7, 11) is 0.